The number of fused-ring (bicyclic) bond motifs is 1. The topological polar surface area (TPSA) is 58.3 Å². The zero-order valence-corrected chi connectivity index (χ0v) is 9.15. The molecule has 0 unspecified atom stereocenters. The Morgan fingerprint density at radius 2 is 2.25 bits per heavy atom. The summed E-state index contributed by atoms with van der Waals surface area (Å²) in [4.78, 5) is 4.07. The molecule has 0 radical (unpaired) electrons. The zero-order valence-electron chi connectivity index (χ0n) is 9.15. The Morgan fingerprint density at radius 3 is 3.12 bits per heavy atom. The van der Waals surface area contributed by atoms with E-state index in [2.05, 4.69) is 16.4 Å². The average Bonchev–Trinajstić information content (AvgIpc) is 2.76. The van der Waals surface area contributed by atoms with Crippen LogP contribution in [0.15, 0.2) is 29.0 Å². The van der Waals surface area contributed by atoms with Gasteiger partial charge in [-0.1, -0.05) is 6.07 Å². The van der Waals surface area contributed by atoms with Crippen LogP contribution >= 0.6 is 0 Å². The predicted molar refractivity (Wildman–Crippen MR) is 62.3 cm³/mol. The van der Waals surface area contributed by atoms with Gasteiger partial charge in [0.2, 0.25) is 0 Å². The Bertz CT molecular complexity index is 439. The second-order valence-corrected chi connectivity index (χ2v) is 3.73. The highest BCUT2D eigenvalue weighted by molar-refractivity contribution is 5.72. The van der Waals surface area contributed by atoms with Crippen molar-refractivity contribution in [1.82, 2.24) is 10.3 Å². The van der Waals surface area contributed by atoms with E-state index in [1.165, 1.54) is 12.0 Å². The molecule has 0 fully saturated rings. The molecule has 0 aliphatic carbocycles. The van der Waals surface area contributed by atoms with Crippen molar-refractivity contribution in [2.24, 2.45) is 0 Å². The van der Waals surface area contributed by atoms with Gasteiger partial charge in [-0.25, -0.2) is 4.98 Å². The molecule has 0 aliphatic rings. The van der Waals surface area contributed by atoms with Crippen molar-refractivity contribution in [3.8, 4) is 0 Å². The van der Waals surface area contributed by atoms with Gasteiger partial charge in [0.15, 0.2) is 12.0 Å². The van der Waals surface area contributed by atoms with Crippen molar-refractivity contribution in [2.75, 3.05) is 19.7 Å². The lowest BCUT2D eigenvalue weighted by Crippen LogP contribution is -2.19. The van der Waals surface area contributed by atoms with Crippen LogP contribution in [0.3, 0.4) is 0 Å². The Labute approximate surface area is 94.3 Å². The van der Waals surface area contributed by atoms with Crippen molar-refractivity contribution >= 4 is 11.1 Å². The van der Waals surface area contributed by atoms with Crippen LogP contribution in [0.4, 0.5) is 0 Å². The predicted octanol–water partition coefficient (Wildman–Crippen LogP) is 1.34. The number of aromatic nitrogens is 1. The monoisotopic (exact) mass is 220 g/mol. The molecule has 4 nitrogen and oxygen atoms in total. The molecule has 0 aliphatic heterocycles. The van der Waals surface area contributed by atoms with Gasteiger partial charge in [-0.05, 0) is 43.6 Å². The van der Waals surface area contributed by atoms with Crippen molar-refractivity contribution in [3.05, 3.63) is 30.2 Å². The molecule has 0 saturated heterocycles. The molecule has 0 spiro atoms. The molecule has 2 aromatic rings. The van der Waals surface area contributed by atoms with Crippen molar-refractivity contribution < 1.29 is 9.52 Å². The molecule has 1 aromatic heterocycles. The van der Waals surface area contributed by atoms with Crippen LogP contribution in [0.5, 0.6) is 0 Å². The lowest BCUT2D eigenvalue weighted by molar-refractivity contribution is 0.286. The van der Waals surface area contributed by atoms with Crippen LogP contribution in [0.1, 0.15) is 12.0 Å². The first kappa shape index (κ1) is 11.1. The smallest absolute Gasteiger partial charge is 0.181 e. The molecule has 86 valence electrons. The minimum Gasteiger partial charge on any atom is -0.443 e. The maximum atomic E-state index is 8.62. The molecule has 16 heavy (non-hydrogen) atoms. The minimum atomic E-state index is 0.247. The number of aliphatic hydroxyl groups excluding tert-OH is 1. The highest BCUT2D eigenvalue weighted by Gasteiger charge is 1.99. The second kappa shape index (κ2) is 5.63. The van der Waals surface area contributed by atoms with Crippen molar-refractivity contribution in [3.63, 3.8) is 0 Å². The second-order valence-electron chi connectivity index (χ2n) is 3.73. The summed E-state index contributed by atoms with van der Waals surface area (Å²) in [5, 5.41) is 11.9. The van der Waals surface area contributed by atoms with E-state index >= 15 is 0 Å². The summed E-state index contributed by atoms with van der Waals surface area (Å²) in [6.07, 6.45) is 3.23. The number of rotatable bonds is 6. The highest BCUT2D eigenvalue weighted by Crippen LogP contribution is 2.14. The van der Waals surface area contributed by atoms with Gasteiger partial charge in [-0.15, -0.1) is 0 Å². The minimum absolute atomic E-state index is 0.247. The van der Waals surface area contributed by atoms with Crippen molar-refractivity contribution in [1.29, 1.82) is 0 Å². The zero-order chi connectivity index (χ0) is 11.2. The maximum Gasteiger partial charge on any atom is 0.181 e. The normalized spacial score (nSPS) is 11.1. The van der Waals surface area contributed by atoms with Gasteiger partial charge in [0.25, 0.3) is 0 Å². The van der Waals surface area contributed by atoms with Crippen LogP contribution in [0.2, 0.25) is 0 Å². The lowest BCUT2D eigenvalue weighted by Gasteiger charge is -2.03. The molecule has 1 heterocycles. The summed E-state index contributed by atoms with van der Waals surface area (Å²) in [7, 11) is 0. The molecular weight excluding hydrogens is 204 g/mol. The maximum absolute atomic E-state index is 8.62. The van der Waals surface area contributed by atoms with Crippen molar-refractivity contribution in [2.45, 2.75) is 12.8 Å². The van der Waals surface area contributed by atoms with Gasteiger partial charge in [0.05, 0.1) is 0 Å². The Hall–Kier alpha value is -1.39. The summed E-state index contributed by atoms with van der Waals surface area (Å²) in [6, 6.07) is 6.07. The Balaban J connectivity index is 1.84. The molecule has 0 atom stereocenters. The Morgan fingerprint density at radius 1 is 1.31 bits per heavy atom. The van der Waals surface area contributed by atoms with Crippen LogP contribution in [-0.2, 0) is 6.42 Å². The molecule has 1 aromatic carbocycles. The van der Waals surface area contributed by atoms with Crippen LogP contribution in [0, 0.1) is 0 Å². The fraction of sp³-hybridized carbons (Fsp3) is 0.417. The van der Waals surface area contributed by atoms with E-state index in [1.807, 2.05) is 12.1 Å². The van der Waals surface area contributed by atoms with Gasteiger partial charge in [0.1, 0.15) is 5.52 Å². The number of benzene rings is 1. The van der Waals surface area contributed by atoms with E-state index < -0.39 is 0 Å². The van der Waals surface area contributed by atoms with Gasteiger partial charge in [-0.3, -0.25) is 0 Å². The summed E-state index contributed by atoms with van der Waals surface area (Å²) in [5.41, 5.74) is 2.98. The SMILES string of the molecule is OCCCNCCc1ccc2ncoc2c1. The van der Waals surface area contributed by atoms with Gasteiger partial charge in [0, 0.05) is 6.61 Å². The van der Waals surface area contributed by atoms with Gasteiger partial charge in [-0.2, -0.15) is 0 Å². The quantitative estimate of drug-likeness (QED) is 0.721. The number of hydrogen-bond donors (Lipinski definition) is 2. The van der Waals surface area contributed by atoms with E-state index in [0.29, 0.717) is 0 Å². The largest absolute Gasteiger partial charge is 0.443 e. The first-order valence-electron chi connectivity index (χ1n) is 5.54. The molecule has 0 saturated carbocycles. The highest BCUT2D eigenvalue weighted by atomic mass is 16.3. The van der Waals surface area contributed by atoms with Gasteiger partial charge >= 0.3 is 0 Å². The molecule has 0 amide bonds. The summed E-state index contributed by atoms with van der Waals surface area (Å²) in [5.74, 6) is 0. The average molecular weight is 220 g/mol. The summed E-state index contributed by atoms with van der Waals surface area (Å²) >= 11 is 0. The van der Waals surface area contributed by atoms with Gasteiger partial charge < -0.3 is 14.8 Å². The van der Waals surface area contributed by atoms with E-state index in [1.54, 1.807) is 0 Å². The van der Waals surface area contributed by atoms with Crippen LogP contribution < -0.4 is 5.32 Å². The fourth-order valence-electron chi connectivity index (χ4n) is 1.62. The van der Waals surface area contributed by atoms with Crippen LogP contribution in [-0.4, -0.2) is 29.8 Å². The lowest BCUT2D eigenvalue weighted by atomic mass is 10.1. The number of nitrogens with one attached hydrogen (secondary N) is 1. The standard InChI is InChI=1S/C12H16N2O2/c15-7-1-5-13-6-4-10-2-3-11-12(8-10)16-9-14-11/h2-3,8-9,13,15H,1,4-7H2. The third-order valence-corrected chi connectivity index (χ3v) is 2.50. The third kappa shape index (κ3) is 2.81. The third-order valence-electron chi connectivity index (χ3n) is 2.50. The number of oxazole rings is 1. The molecular formula is C12H16N2O2. The number of aliphatic hydroxyl groups is 1. The first-order valence-corrected chi connectivity index (χ1v) is 5.54. The molecule has 2 rings (SSSR count). The summed E-state index contributed by atoms with van der Waals surface area (Å²) < 4.78 is 5.24. The van der Waals surface area contributed by atoms with E-state index in [4.69, 9.17) is 9.52 Å². The van der Waals surface area contributed by atoms with E-state index in [-0.39, 0.29) is 6.61 Å². The van der Waals surface area contributed by atoms with E-state index in [0.717, 1.165) is 37.0 Å². The first-order chi connectivity index (χ1) is 7.90. The Kier molecular flexibility index (Phi) is 3.91. The summed E-state index contributed by atoms with van der Waals surface area (Å²) in [6.45, 7) is 2.03. The number of hydrogen-bond acceptors (Lipinski definition) is 4. The van der Waals surface area contributed by atoms with E-state index in [9.17, 15) is 0 Å². The number of nitrogens with zero attached hydrogens (tertiary/aromatic N) is 1. The molecule has 4 heteroatoms. The molecule has 0 bridgehead atoms. The van der Waals surface area contributed by atoms with Crippen LogP contribution in [0.25, 0.3) is 11.1 Å². The molecule has 2 N–H and O–H groups in total. The fourth-order valence-corrected chi connectivity index (χ4v) is 1.62.